The van der Waals surface area contributed by atoms with Crippen molar-refractivity contribution in [3.63, 3.8) is 0 Å². The Balaban J connectivity index is 2.01. The number of amides is 1. The molecule has 0 radical (unpaired) electrons. The van der Waals surface area contributed by atoms with E-state index in [9.17, 15) is 9.59 Å². The highest BCUT2D eigenvalue weighted by atomic mass is 32.1. The molecule has 1 heterocycles. The van der Waals surface area contributed by atoms with E-state index < -0.39 is 5.97 Å². The summed E-state index contributed by atoms with van der Waals surface area (Å²) in [6.45, 7) is 3.96. The van der Waals surface area contributed by atoms with Gasteiger partial charge in [0.05, 0.1) is 22.9 Å². The van der Waals surface area contributed by atoms with E-state index in [1.54, 1.807) is 37.3 Å². The predicted molar refractivity (Wildman–Crippen MR) is 86.9 cm³/mol. The highest BCUT2D eigenvalue weighted by Gasteiger charge is 2.07. The molecule has 0 aliphatic rings. The molecule has 2 rings (SSSR count). The number of aryl methyl sites for hydroxylation is 1. The monoisotopic (exact) mass is 316 g/mol. The molecule has 0 spiro atoms. The number of benzene rings is 1. The Bertz CT molecular complexity index is 707. The molecular weight excluding hydrogens is 300 g/mol. The molecule has 0 fully saturated rings. The van der Waals surface area contributed by atoms with E-state index in [0.717, 1.165) is 10.7 Å². The lowest BCUT2D eigenvalue weighted by atomic mass is 10.2. The Hall–Kier alpha value is -2.47. The van der Waals surface area contributed by atoms with Crippen molar-refractivity contribution in [2.75, 3.05) is 11.9 Å². The van der Waals surface area contributed by atoms with Crippen LogP contribution in [0.5, 0.6) is 0 Å². The number of nitrogens with zero attached hydrogens (tertiary/aromatic N) is 1. The molecule has 0 aliphatic heterocycles. The van der Waals surface area contributed by atoms with Crippen LogP contribution >= 0.6 is 11.3 Å². The fraction of sp³-hybridized carbons (Fsp3) is 0.188. The van der Waals surface area contributed by atoms with Crippen molar-refractivity contribution in [2.24, 2.45) is 0 Å². The molecule has 2 aromatic rings. The van der Waals surface area contributed by atoms with Gasteiger partial charge in [0.1, 0.15) is 0 Å². The van der Waals surface area contributed by atoms with E-state index in [0.29, 0.717) is 17.9 Å². The molecule has 1 aromatic heterocycles. The fourth-order valence-electron chi connectivity index (χ4n) is 1.74. The molecule has 0 atom stereocenters. The average Bonchev–Trinajstić information content (AvgIpc) is 2.91. The van der Waals surface area contributed by atoms with Gasteiger partial charge in [-0.05, 0) is 38.1 Å². The summed E-state index contributed by atoms with van der Waals surface area (Å²) in [7, 11) is 0. The first-order chi connectivity index (χ1) is 10.6. The zero-order chi connectivity index (χ0) is 15.9. The van der Waals surface area contributed by atoms with E-state index in [1.165, 1.54) is 17.4 Å². The maximum atomic E-state index is 11.9. The van der Waals surface area contributed by atoms with Crippen LogP contribution in [0.25, 0.3) is 6.08 Å². The molecular formula is C16H16N2O3S. The lowest BCUT2D eigenvalue weighted by Crippen LogP contribution is -2.09. The Morgan fingerprint density at radius 1 is 1.41 bits per heavy atom. The molecule has 0 aliphatic carbocycles. The van der Waals surface area contributed by atoms with Crippen molar-refractivity contribution in [2.45, 2.75) is 13.8 Å². The lowest BCUT2D eigenvalue weighted by molar-refractivity contribution is -0.111. The van der Waals surface area contributed by atoms with E-state index in [-0.39, 0.29) is 5.91 Å². The first-order valence-corrected chi connectivity index (χ1v) is 7.65. The van der Waals surface area contributed by atoms with E-state index >= 15 is 0 Å². The standard InChI is InChI=1S/C16H16N2O3S/c1-3-21-16(20)12-5-4-6-13(9-12)18-15(19)8-7-14-10-22-11(2)17-14/h4-10H,3H2,1-2H3,(H,18,19)/b8-7+. The maximum Gasteiger partial charge on any atom is 0.338 e. The first kappa shape index (κ1) is 15.9. The number of hydrogen-bond acceptors (Lipinski definition) is 5. The third kappa shape index (κ3) is 4.53. The topological polar surface area (TPSA) is 68.3 Å². The van der Waals surface area contributed by atoms with Gasteiger partial charge in [0.15, 0.2) is 0 Å². The van der Waals surface area contributed by atoms with Crippen molar-refractivity contribution in [3.8, 4) is 0 Å². The van der Waals surface area contributed by atoms with Crippen LogP contribution in [0.15, 0.2) is 35.7 Å². The molecule has 6 heteroatoms. The molecule has 5 nitrogen and oxygen atoms in total. The van der Waals surface area contributed by atoms with E-state index in [4.69, 9.17) is 4.74 Å². The Labute approximate surface area is 132 Å². The highest BCUT2D eigenvalue weighted by Crippen LogP contribution is 2.13. The van der Waals surface area contributed by atoms with Gasteiger partial charge in [0.25, 0.3) is 0 Å². The molecule has 0 saturated heterocycles. The van der Waals surface area contributed by atoms with Gasteiger partial charge in [0, 0.05) is 17.1 Å². The minimum atomic E-state index is -0.410. The third-order valence-corrected chi connectivity index (χ3v) is 3.48. The molecule has 22 heavy (non-hydrogen) atoms. The molecule has 1 amide bonds. The van der Waals surface area contributed by atoms with Crippen LogP contribution in [-0.4, -0.2) is 23.5 Å². The number of esters is 1. The number of aromatic nitrogens is 1. The summed E-state index contributed by atoms with van der Waals surface area (Å²) in [5, 5.41) is 5.52. The Kier molecular flexibility index (Phi) is 5.43. The summed E-state index contributed by atoms with van der Waals surface area (Å²) in [6, 6.07) is 6.62. The first-order valence-electron chi connectivity index (χ1n) is 6.77. The van der Waals surface area contributed by atoms with Gasteiger partial charge in [-0.1, -0.05) is 6.07 Å². The Morgan fingerprint density at radius 3 is 2.91 bits per heavy atom. The summed E-state index contributed by atoms with van der Waals surface area (Å²) < 4.78 is 4.92. The fourth-order valence-corrected chi connectivity index (χ4v) is 2.32. The number of carbonyl (C=O) groups is 2. The van der Waals surface area contributed by atoms with Crippen LogP contribution in [0, 0.1) is 6.92 Å². The van der Waals surface area contributed by atoms with Crippen molar-refractivity contribution >= 4 is 35.0 Å². The molecule has 0 bridgehead atoms. The van der Waals surface area contributed by atoms with Crippen LogP contribution in [0.1, 0.15) is 28.0 Å². The molecule has 1 N–H and O–H groups in total. The maximum absolute atomic E-state index is 11.9. The van der Waals surface area contributed by atoms with Crippen molar-refractivity contribution in [1.82, 2.24) is 4.98 Å². The second kappa shape index (κ2) is 7.51. The number of nitrogens with one attached hydrogen (secondary N) is 1. The number of rotatable bonds is 5. The minimum Gasteiger partial charge on any atom is -0.462 e. The molecule has 0 saturated carbocycles. The second-order valence-electron chi connectivity index (χ2n) is 4.42. The molecule has 0 unspecified atom stereocenters. The summed E-state index contributed by atoms with van der Waals surface area (Å²) in [5.41, 5.74) is 1.69. The van der Waals surface area contributed by atoms with Crippen LogP contribution in [0.3, 0.4) is 0 Å². The van der Waals surface area contributed by atoms with Crippen molar-refractivity contribution < 1.29 is 14.3 Å². The van der Waals surface area contributed by atoms with Gasteiger partial charge >= 0.3 is 5.97 Å². The van der Waals surface area contributed by atoms with Gasteiger partial charge < -0.3 is 10.1 Å². The molecule has 114 valence electrons. The Morgan fingerprint density at radius 2 is 2.23 bits per heavy atom. The minimum absolute atomic E-state index is 0.285. The van der Waals surface area contributed by atoms with Crippen LogP contribution < -0.4 is 5.32 Å². The zero-order valence-corrected chi connectivity index (χ0v) is 13.1. The van der Waals surface area contributed by atoms with E-state index in [1.807, 2.05) is 12.3 Å². The molecule has 1 aromatic carbocycles. The van der Waals surface area contributed by atoms with Gasteiger partial charge in [-0.2, -0.15) is 0 Å². The number of carbonyl (C=O) groups excluding carboxylic acids is 2. The zero-order valence-electron chi connectivity index (χ0n) is 12.3. The summed E-state index contributed by atoms with van der Waals surface area (Å²) in [4.78, 5) is 27.7. The van der Waals surface area contributed by atoms with Crippen molar-refractivity contribution in [1.29, 1.82) is 0 Å². The number of hydrogen-bond donors (Lipinski definition) is 1. The second-order valence-corrected chi connectivity index (χ2v) is 5.48. The predicted octanol–water partition coefficient (Wildman–Crippen LogP) is 3.28. The third-order valence-electron chi connectivity index (χ3n) is 2.68. The number of anilines is 1. The van der Waals surface area contributed by atoms with Gasteiger partial charge in [-0.15, -0.1) is 11.3 Å². The van der Waals surface area contributed by atoms with Crippen LogP contribution in [0.2, 0.25) is 0 Å². The van der Waals surface area contributed by atoms with Crippen molar-refractivity contribution in [3.05, 3.63) is 52.0 Å². The summed E-state index contributed by atoms with van der Waals surface area (Å²) >= 11 is 1.52. The van der Waals surface area contributed by atoms with Gasteiger partial charge in [0.2, 0.25) is 5.91 Å². The lowest BCUT2D eigenvalue weighted by Gasteiger charge is -2.05. The summed E-state index contributed by atoms with van der Waals surface area (Å²) in [5.74, 6) is -0.696. The van der Waals surface area contributed by atoms with Gasteiger partial charge in [-0.3, -0.25) is 4.79 Å². The quantitative estimate of drug-likeness (QED) is 0.679. The highest BCUT2D eigenvalue weighted by molar-refractivity contribution is 7.09. The smallest absolute Gasteiger partial charge is 0.338 e. The SMILES string of the molecule is CCOC(=O)c1cccc(NC(=O)/C=C/c2csc(C)n2)c1. The number of ether oxygens (including phenoxy) is 1. The van der Waals surface area contributed by atoms with Crippen LogP contribution in [-0.2, 0) is 9.53 Å². The normalized spacial score (nSPS) is 10.6. The summed E-state index contributed by atoms with van der Waals surface area (Å²) in [6.07, 6.45) is 3.06. The number of thiazole rings is 1. The average molecular weight is 316 g/mol. The largest absolute Gasteiger partial charge is 0.462 e. The van der Waals surface area contributed by atoms with Gasteiger partial charge in [-0.25, -0.2) is 9.78 Å². The van der Waals surface area contributed by atoms with E-state index in [2.05, 4.69) is 10.3 Å². The van der Waals surface area contributed by atoms with Crippen LogP contribution in [0.4, 0.5) is 5.69 Å².